The van der Waals surface area contributed by atoms with Crippen LogP contribution >= 0.6 is 0 Å². The van der Waals surface area contributed by atoms with Crippen molar-refractivity contribution in [2.24, 2.45) is 0 Å². The Morgan fingerprint density at radius 2 is 2.14 bits per heavy atom. The Hall–Kier alpha value is -1.48. The molecule has 1 aliphatic rings. The second-order valence-corrected chi connectivity index (χ2v) is 5.78. The van der Waals surface area contributed by atoms with Crippen molar-refractivity contribution in [1.29, 1.82) is 0 Å². The molecule has 1 aliphatic heterocycles. The van der Waals surface area contributed by atoms with E-state index in [1.165, 1.54) is 14.4 Å². The number of imidazole rings is 1. The summed E-state index contributed by atoms with van der Waals surface area (Å²) < 4.78 is 8.01. The first-order chi connectivity index (χ1) is 9.95. The highest BCUT2D eigenvalue weighted by Crippen LogP contribution is 2.30. The molecule has 1 fully saturated rings. The summed E-state index contributed by atoms with van der Waals surface area (Å²) in [5.74, 6) is 0.0488. The fourth-order valence-electron chi connectivity index (χ4n) is 2.36. The number of hydrogen-bond donors (Lipinski definition) is 4. The van der Waals surface area contributed by atoms with Crippen molar-refractivity contribution in [1.82, 2.24) is 18.1 Å². The van der Waals surface area contributed by atoms with Crippen LogP contribution in [0, 0.1) is 0 Å². The van der Waals surface area contributed by atoms with Gasteiger partial charge in [-0.2, -0.15) is 4.98 Å². The maximum Gasteiger partial charge on any atom is 0.380 e. The van der Waals surface area contributed by atoms with Crippen molar-refractivity contribution in [3.05, 3.63) is 16.7 Å². The van der Waals surface area contributed by atoms with Gasteiger partial charge in [0.2, 0.25) is 0 Å². The molecular weight excluding hydrogens is 297 g/mol. The van der Waals surface area contributed by atoms with Gasteiger partial charge < -0.3 is 29.3 Å². The normalized spacial score (nSPS) is 29.3. The van der Waals surface area contributed by atoms with Gasteiger partial charge in [0.05, 0.1) is 12.9 Å². The molecule has 21 heavy (non-hydrogen) atoms. The molecule has 112 valence electrons. The molecule has 2 unspecified atom stereocenters. The number of nitrogen functional groups attached to an aromatic ring is 1. The van der Waals surface area contributed by atoms with E-state index in [4.69, 9.17) is 15.6 Å². The van der Waals surface area contributed by atoms with Crippen molar-refractivity contribution in [3.8, 4) is 0 Å². The summed E-state index contributed by atoms with van der Waals surface area (Å²) in [6, 6.07) is 0. The number of rotatable bonds is 2. The Balaban J connectivity index is 2.12. The van der Waals surface area contributed by atoms with Gasteiger partial charge in [0.15, 0.2) is 23.3 Å². The highest BCUT2D eigenvalue weighted by molar-refractivity contribution is 6.08. The number of aliphatic hydroxyl groups excluding tert-OH is 3. The maximum absolute atomic E-state index is 12.1. The second-order valence-electron chi connectivity index (χ2n) is 4.89. The lowest BCUT2D eigenvalue weighted by Crippen LogP contribution is -2.33. The fraction of sp³-hybridized carbons (Fsp3) is 0.500. The van der Waals surface area contributed by atoms with Crippen LogP contribution in [0.5, 0.6) is 0 Å². The minimum absolute atomic E-state index is 0.0488. The summed E-state index contributed by atoms with van der Waals surface area (Å²) in [5.41, 5.74) is 5.59. The molecule has 4 atom stereocenters. The molecule has 0 amide bonds. The predicted octanol–water partition coefficient (Wildman–Crippen LogP) is -3.82. The van der Waals surface area contributed by atoms with Crippen LogP contribution in [0.1, 0.15) is 6.23 Å². The van der Waals surface area contributed by atoms with Crippen LogP contribution in [0.15, 0.2) is 11.1 Å². The zero-order chi connectivity index (χ0) is 15.3. The molecule has 0 spiro atoms. The first-order valence-electron chi connectivity index (χ1n) is 6.27. The molecule has 3 heterocycles. The van der Waals surface area contributed by atoms with Crippen LogP contribution in [0.4, 0.5) is 5.95 Å². The molecular formula is C10H14AlN5O5. The number of anilines is 1. The predicted molar refractivity (Wildman–Crippen MR) is 73.2 cm³/mol. The number of hydrogen-bond acceptors (Lipinski definition) is 8. The number of nitrogens with two attached hydrogens (primary N) is 1. The highest BCUT2D eigenvalue weighted by atomic mass is 27.1. The maximum atomic E-state index is 12.1. The van der Waals surface area contributed by atoms with Crippen LogP contribution in [0.2, 0.25) is 0 Å². The van der Waals surface area contributed by atoms with Gasteiger partial charge in [-0.25, -0.2) is 4.98 Å². The quantitative estimate of drug-likeness (QED) is 0.412. The lowest BCUT2D eigenvalue weighted by atomic mass is 10.1. The lowest BCUT2D eigenvalue weighted by molar-refractivity contribution is -0.0511. The highest BCUT2D eigenvalue weighted by Gasteiger charge is 2.44. The van der Waals surface area contributed by atoms with Gasteiger partial charge in [-0.15, -0.1) is 0 Å². The second kappa shape index (κ2) is 5.06. The number of ether oxygens (including phenoxy) is 1. The molecule has 3 rings (SSSR count). The van der Waals surface area contributed by atoms with Gasteiger partial charge in [-0.1, -0.05) is 0 Å². The third-order valence-corrected chi connectivity index (χ3v) is 4.49. The van der Waals surface area contributed by atoms with E-state index in [2.05, 4.69) is 9.97 Å². The molecule has 0 bridgehead atoms. The number of aliphatic hydroxyl groups is 3. The van der Waals surface area contributed by atoms with E-state index in [-0.39, 0.29) is 22.7 Å². The Morgan fingerprint density at radius 3 is 2.76 bits per heavy atom. The van der Waals surface area contributed by atoms with E-state index in [0.717, 1.165) is 0 Å². The Labute approximate surface area is 126 Å². The molecule has 0 aliphatic carbocycles. The number of fused-ring (bicyclic) bond motifs is 1. The minimum Gasteiger partial charge on any atom is -0.394 e. The van der Waals surface area contributed by atoms with E-state index in [1.807, 2.05) is 0 Å². The SMILES string of the molecule is Nc1nc2c(ncn2[C@@H]2O[C@H](CO)C(O)C2O)c(=O)[n]1[AlH2]. The van der Waals surface area contributed by atoms with Crippen LogP contribution in [0.25, 0.3) is 11.2 Å². The van der Waals surface area contributed by atoms with Crippen LogP contribution in [-0.4, -0.2) is 74.8 Å². The third-order valence-electron chi connectivity index (χ3n) is 3.63. The fourth-order valence-corrected chi connectivity index (χ4v) is 2.67. The van der Waals surface area contributed by atoms with Gasteiger partial charge in [0.1, 0.15) is 18.3 Å². The minimum atomic E-state index is -1.28. The van der Waals surface area contributed by atoms with Crippen molar-refractivity contribution >= 4 is 33.6 Å². The standard InChI is InChI=1S/C10H13N5O5.Al.2H/c11-10-13-7-4(8(19)14-10)12-2-15(7)9-6(18)5(17)3(1-16)20-9;;;/h2-3,5-6,9,16-18H,1H2,(H3,11,13,14,19);;;/q;+1;;/p-1/t3-,5?,6?,9-;;;/m1.../s1. The van der Waals surface area contributed by atoms with Crippen LogP contribution in [-0.2, 0) is 4.74 Å². The van der Waals surface area contributed by atoms with Gasteiger partial charge >= 0.3 is 16.5 Å². The van der Waals surface area contributed by atoms with Crippen molar-refractivity contribution in [2.45, 2.75) is 24.5 Å². The summed E-state index contributed by atoms with van der Waals surface area (Å²) in [4.78, 5) is 20.1. The molecule has 2 aromatic rings. The zero-order valence-corrected chi connectivity index (χ0v) is 13.1. The number of aromatic nitrogens is 4. The first kappa shape index (κ1) is 14.5. The van der Waals surface area contributed by atoms with Crippen molar-refractivity contribution in [3.63, 3.8) is 0 Å². The molecule has 0 radical (unpaired) electrons. The van der Waals surface area contributed by atoms with Gasteiger partial charge in [0, 0.05) is 0 Å². The Kier molecular flexibility index (Phi) is 3.48. The van der Waals surface area contributed by atoms with Crippen molar-refractivity contribution in [2.75, 3.05) is 12.3 Å². The molecule has 0 aromatic carbocycles. The van der Waals surface area contributed by atoms with Crippen LogP contribution < -0.4 is 11.3 Å². The largest absolute Gasteiger partial charge is 0.394 e. The van der Waals surface area contributed by atoms with E-state index in [1.54, 1.807) is 0 Å². The first-order valence-corrected chi connectivity index (χ1v) is 7.16. The van der Waals surface area contributed by atoms with Crippen LogP contribution in [0.3, 0.4) is 0 Å². The summed E-state index contributed by atoms with van der Waals surface area (Å²) in [5, 5.41) is 28.9. The Bertz CT molecular complexity index is 745. The van der Waals surface area contributed by atoms with E-state index in [9.17, 15) is 15.0 Å². The van der Waals surface area contributed by atoms with E-state index < -0.39 is 31.1 Å². The summed E-state index contributed by atoms with van der Waals surface area (Å²) in [6.45, 7) is -0.440. The number of nitrogens with zero attached hydrogens (tertiary/aromatic N) is 4. The van der Waals surface area contributed by atoms with E-state index in [0.29, 0.717) is 16.5 Å². The summed E-state index contributed by atoms with van der Waals surface area (Å²) >= 11 is 0.371. The van der Waals surface area contributed by atoms with Crippen molar-refractivity contribution < 1.29 is 20.1 Å². The lowest BCUT2D eigenvalue weighted by Gasteiger charge is -2.16. The molecule has 2 aromatic heterocycles. The molecule has 1 saturated heterocycles. The monoisotopic (exact) mass is 311 g/mol. The van der Waals surface area contributed by atoms with Gasteiger partial charge in [-0.05, 0) is 0 Å². The topological polar surface area (TPSA) is 149 Å². The molecule has 11 heteroatoms. The zero-order valence-electron chi connectivity index (χ0n) is 11.1. The smallest absolute Gasteiger partial charge is 0.380 e. The summed E-state index contributed by atoms with van der Waals surface area (Å²) in [6.07, 6.45) is -3.15. The van der Waals surface area contributed by atoms with E-state index >= 15 is 0 Å². The molecule has 0 saturated carbocycles. The molecule has 10 nitrogen and oxygen atoms in total. The third kappa shape index (κ3) is 2.06. The Morgan fingerprint density at radius 1 is 1.43 bits per heavy atom. The molecule has 5 N–H and O–H groups in total. The van der Waals surface area contributed by atoms with Gasteiger partial charge in [0.25, 0.3) is 5.56 Å². The average Bonchev–Trinajstić information content (AvgIpc) is 2.99. The average molecular weight is 311 g/mol. The summed E-state index contributed by atoms with van der Waals surface area (Å²) in [7, 11) is 0. The van der Waals surface area contributed by atoms with Gasteiger partial charge in [-0.3, -0.25) is 9.36 Å².